The molecular formula is C22H32O13. The number of hydrogen-bond donors (Lipinski definition) is 4. The molecule has 0 aromatic carbocycles. The molecule has 0 aromatic heterocycles. The lowest BCUT2D eigenvalue weighted by Crippen LogP contribution is -2.63. The molecule has 3 aliphatic heterocycles. The van der Waals surface area contributed by atoms with Crippen LogP contribution in [0.3, 0.4) is 0 Å². The Kier molecular flexibility index (Phi) is 6.69. The summed E-state index contributed by atoms with van der Waals surface area (Å²) in [5.74, 6) is -3.53. The molecule has 1 saturated carbocycles. The molecule has 0 bridgehead atoms. The SMILES string of the molecule is COC(=O)C1=COC(OC2OC(CO)C(O)C(O)C2O)[C@@H]2C(C)(OC(C)=O)CC3OC(C)(C)OC132. The Morgan fingerprint density at radius 2 is 1.80 bits per heavy atom. The van der Waals surface area contributed by atoms with Gasteiger partial charge < -0.3 is 53.6 Å². The summed E-state index contributed by atoms with van der Waals surface area (Å²) in [7, 11) is 1.20. The van der Waals surface area contributed by atoms with Gasteiger partial charge in [-0.15, -0.1) is 0 Å². The Morgan fingerprint density at radius 1 is 1.11 bits per heavy atom. The Balaban J connectivity index is 1.77. The number of esters is 2. The predicted molar refractivity (Wildman–Crippen MR) is 111 cm³/mol. The molecule has 0 radical (unpaired) electrons. The Labute approximate surface area is 201 Å². The molecule has 10 atom stereocenters. The van der Waals surface area contributed by atoms with E-state index in [1.807, 2.05) is 0 Å². The van der Waals surface area contributed by atoms with E-state index in [-0.39, 0.29) is 12.0 Å². The first-order valence-corrected chi connectivity index (χ1v) is 11.3. The summed E-state index contributed by atoms with van der Waals surface area (Å²) < 4.78 is 40.2. The Morgan fingerprint density at radius 3 is 2.40 bits per heavy atom. The lowest BCUT2D eigenvalue weighted by Gasteiger charge is -2.48. The van der Waals surface area contributed by atoms with Gasteiger partial charge in [0, 0.05) is 13.3 Å². The summed E-state index contributed by atoms with van der Waals surface area (Å²) in [5.41, 5.74) is -2.87. The lowest BCUT2D eigenvalue weighted by molar-refractivity contribution is -0.354. The van der Waals surface area contributed by atoms with Crippen molar-refractivity contribution in [3.63, 3.8) is 0 Å². The van der Waals surface area contributed by atoms with Crippen LogP contribution in [0.4, 0.5) is 0 Å². The Bertz CT molecular complexity index is 887. The quantitative estimate of drug-likeness (QED) is 0.316. The summed E-state index contributed by atoms with van der Waals surface area (Å²) in [6, 6.07) is 0. The first kappa shape index (κ1) is 26.2. The summed E-state index contributed by atoms with van der Waals surface area (Å²) >= 11 is 0. The van der Waals surface area contributed by atoms with E-state index in [1.165, 1.54) is 14.0 Å². The summed E-state index contributed by atoms with van der Waals surface area (Å²) in [6.45, 7) is 5.52. The van der Waals surface area contributed by atoms with Gasteiger partial charge >= 0.3 is 11.9 Å². The van der Waals surface area contributed by atoms with E-state index in [1.54, 1.807) is 20.8 Å². The van der Waals surface area contributed by atoms with Crippen molar-refractivity contribution >= 4 is 11.9 Å². The number of carbonyl (C=O) groups is 2. The third-order valence-electron chi connectivity index (χ3n) is 6.94. The standard InChI is InChI=1S/C22H32O13/c1-9(24)33-21(4)6-12-22(35-20(2,3)34-12)10(17(28)29-5)8-30-19(16(21)22)32-18-15(27)14(26)13(25)11(7-23)31-18/h8,11-16,18-19,23,25-27H,6-7H2,1-5H3/t11?,12?,13?,14?,15?,16-,18?,19?,21?,22?/m1/s1. The van der Waals surface area contributed by atoms with Crippen LogP contribution in [0.1, 0.15) is 34.1 Å². The van der Waals surface area contributed by atoms with Crippen LogP contribution >= 0.6 is 0 Å². The van der Waals surface area contributed by atoms with Crippen molar-refractivity contribution in [3.05, 3.63) is 11.8 Å². The van der Waals surface area contributed by atoms with E-state index in [2.05, 4.69) is 0 Å². The summed E-state index contributed by atoms with van der Waals surface area (Å²) in [5, 5.41) is 40.2. The number of rotatable bonds is 5. The second-order valence-electron chi connectivity index (χ2n) is 9.85. The highest BCUT2D eigenvalue weighted by atomic mass is 16.8. The van der Waals surface area contributed by atoms with Gasteiger partial charge in [-0.2, -0.15) is 0 Å². The first-order chi connectivity index (χ1) is 16.3. The van der Waals surface area contributed by atoms with Crippen LogP contribution in [0.5, 0.6) is 0 Å². The van der Waals surface area contributed by atoms with Crippen molar-refractivity contribution in [1.29, 1.82) is 0 Å². The fourth-order valence-electron chi connectivity index (χ4n) is 5.70. The smallest absolute Gasteiger partial charge is 0.339 e. The number of methoxy groups -OCH3 is 1. The molecule has 4 rings (SSSR count). The van der Waals surface area contributed by atoms with Crippen molar-refractivity contribution in [1.82, 2.24) is 0 Å². The van der Waals surface area contributed by atoms with Gasteiger partial charge in [0.1, 0.15) is 47.5 Å². The van der Waals surface area contributed by atoms with Gasteiger partial charge in [0.25, 0.3) is 0 Å². The molecule has 1 aliphatic carbocycles. The number of aliphatic hydroxyl groups excluding tert-OH is 4. The fraction of sp³-hybridized carbons (Fsp3) is 0.818. The third kappa shape index (κ3) is 4.13. The highest BCUT2D eigenvalue weighted by Crippen LogP contribution is 2.61. The van der Waals surface area contributed by atoms with E-state index in [4.69, 9.17) is 33.2 Å². The maximum Gasteiger partial charge on any atom is 0.339 e. The fourth-order valence-corrected chi connectivity index (χ4v) is 5.70. The second-order valence-corrected chi connectivity index (χ2v) is 9.85. The molecule has 4 aliphatic rings. The molecule has 1 spiro atoms. The minimum Gasteiger partial charge on any atom is -0.471 e. The van der Waals surface area contributed by atoms with Gasteiger partial charge in [-0.3, -0.25) is 4.79 Å². The number of ether oxygens (including phenoxy) is 7. The maximum atomic E-state index is 12.8. The zero-order chi connectivity index (χ0) is 25.9. The zero-order valence-corrected chi connectivity index (χ0v) is 20.1. The van der Waals surface area contributed by atoms with Crippen molar-refractivity contribution < 1.29 is 63.2 Å². The van der Waals surface area contributed by atoms with Gasteiger partial charge in [0.15, 0.2) is 12.1 Å². The number of hydrogen-bond acceptors (Lipinski definition) is 13. The van der Waals surface area contributed by atoms with Crippen molar-refractivity contribution in [3.8, 4) is 0 Å². The maximum absolute atomic E-state index is 12.8. The van der Waals surface area contributed by atoms with Gasteiger partial charge in [0.2, 0.25) is 6.29 Å². The highest BCUT2D eigenvalue weighted by Gasteiger charge is 2.76. The topological polar surface area (TPSA) is 180 Å². The van der Waals surface area contributed by atoms with Gasteiger partial charge in [-0.25, -0.2) is 4.79 Å². The average Bonchev–Trinajstić information content (AvgIpc) is 3.14. The van der Waals surface area contributed by atoms with Gasteiger partial charge in [-0.1, -0.05) is 0 Å². The number of aliphatic hydroxyl groups is 4. The van der Waals surface area contributed by atoms with E-state index < -0.39 is 84.6 Å². The van der Waals surface area contributed by atoms with Crippen molar-refractivity contribution in [2.24, 2.45) is 5.92 Å². The van der Waals surface area contributed by atoms with E-state index in [0.717, 1.165) is 6.26 Å². The molecule has 0 amide bonds. The van der Waals surface area contributed by atoms with E-state index >= 15 is 0 Å². The largest absolute Gasteiger partial charge is 0.471 e. The first-order valence-electron chi connectivity index (χ1n) is 11.3. The molecule has 35 heavy (non-hydrogen) atoms. The van der Waals surface area contributed by atoms with Crippen LogP contribution in [0, 0.1) is 5.92 Å². The second kappa shape index (κ2) is 8.92. The van der Waals surface area contributed by atoms with Crippen LogP contribution < -0.4 is 0 Å². The van der Waals surface area contributed by atoms with Gasteiger partial charge in [-0.05, 0) is 20.8 Å². The molecule has 9 unspecified atom stereocenters. The van der Waals surface area contributed by atoms with E-state index in [0.29, 0.717) is 0 Å². The number of carbonyl (C=O) groups excluding carboxylic acids is 2. The Hall–Kier alpha value is -1.84. The third-order valence-corrected chi connectivity index (χ3v) is 6.94. The molecule has 198 valence electrons. The monoisotopic (exact) mass is 504 g/mol. The predicted octanol–water partition coefficient (Wildman–Crippen LogP) is -1.55. The van der Waals surface area contributed by atoms with Crippen LogP contribution in [0.2, 0.25) is 0 Å². The molecule has 13 heteroatoms. The van der Waals surface area contributed by atoms with Crippen molar-refractivity contribution in [2.75, 3.05) is 13.7 Å². The molecule has 2 saturated heterocycles. The average molecular weight is 504 g/mol. The van der Waals surface area contributed by atoms with Crippen molar-refractivity contribution in [2.45, 2.75) is 94.2 Å². The van der Waals surface area contributed by atoms with Crippen LogP contribution in [-0.4, -0.2) is 106 Å². The van der Waals surface area contributed by atoms with E-state index in [9.17, 15) is 30.0 Å². The summed E-state index contributed by atoms with van der Waals surface area (Å²) in [6.07, 6.45) is -8.69. The summed E-state index contributed by atoms with van der Waals surface area (Å²) in [4.78, 5) is 24.9. The minimum absolute atomic E-state index is 0.00916. The van der Waals surface area contributed by atoms with Crippen LogP contribution in [0.25, 0.3) is 0 Å². The zero-order valence-electron chi connectivity index (χ0n) is 20.1. The molecule has 13 nitrogen and oxygen atoms in total. The minimum atomic E-state index is -1.72. The van der Waals surface area contributed by atoms with Crippen LogP contribution in [-0.2, 0) is 42.7 Å². The normalized spacial score (nSPS) is 46.1. The molecular weight excluding hydrogens is 472 g/mol. The molecule has 4 N–H and O–H groups in total. The molecule has 3 fully saturated rings. The van der Waals surface area contributed by atoms with Gasteiger partial charge in [0.05, 0.1) is 25.7 Å². The highest BCUT2D eigenvalue weighted by molar-refractivity contribution is 5.91. The lowest BCUT2D eigenvalue weighted by atomic mass is 9.76. The van der Waals surface area contributed by atoms with Crippen LogP contribution in [0.15, 0.2) is 11.8 Å². The molecule has 0 aromatic rings. The molecule has 3 heterocycles.